The Morgan fingerprint density at radius 2 is 2.35 bits per heavy atom. The molecule has 0 saturated heterocycles. The van der Waals surface area contributed by atoms with E-state index >= 15 is 0 Å². The minimum absolute atomic E-state index is 0.0486. The van der Waals surface area contributed by atoms with Gasteiger partial charge in [0.05, 0.1) is 28.8 Å². The molecule has 0 spiro atoms. The first-order valence-corrected chi connectivity index (χ1v) is 4.81. The minimum Gasteiger partial charge on any atom is -0.383 e. The number of nitrogens with one attached hydrogen (secondary N) is 2. The third-order valence-electron chi connectivity index (χ3n) is 2.09. The quantitative estimate of drug-likeness (QED) is 0.344. The number of rotatable bonds is 6. The third kappa shape index (κ3) is 3.22. The molecule has 1 aromatic rings. The summed E-state index contributed by atoms with van der Waals surface area (Å²) in [6, 6.07) is 1.91. The number of methoxy groups -OCH3 is 1. The van der Waals surface area contributed by atoms with Gasteiger partial charge in [0.15, 0.2) is 0 Å². The Balaban J connectivity index is 3.09. The van der Waals surface area contributed by atoms with Crippen LogP contribution in [0.4, 0.5) is 15.8 Å². The molecular weight excluding hydrogens is 229 g/mol. The third-order valence-corrected chi connectivity index (χ3v) is 2.09. The van der Waals surface area contributed by atoms with Crippen LogP contribution in [0.2, 0.25) is 0 Å². The average molecular weight is 241 g/mol. The summed E-state index contributed by atoms with van der Waals surface area (Å²) >= 11 is 0. The predicted molar refractivity (Wildman–Crippen MR) is 61.3 cm³/mol. The van der Waals surface area contributed by atoms with Crippen molar-refractivity contribution in [1.82, 2.24) is 0 Å². The van der Waals surface area contributed by atoms with E-state index in [1.807, 2.05) is 0 Å². The van der Waals surface area contributed by atoms with Crippen LogP contribution in [0.15, 0.2) is 12.1 Å². The molecule has 2 N–H and O–H groups in total. The molecule has 6 nitrogen and oxygen atoms in total. The Hall–Kier alpha value is -2.02. The zero-order valence-electron chi connectivity index (χ0n) is 9.20. The molecule has 1 aromatic carbocycles. The first kappa shape index (κ1) is 13.0. The molecule has 0 radical (unpaired) electrons. The molecule has 1 rings (SSSR count). The second-order valence-corrected chi connectivity index (χ2v) is 3.21. The van der Waals surface area contributed by atoms with Crippen LogP contribution in [0.3, 0.4) is 0 Å². The Kier molecular flexibility index (Phi) is 4.53. The molecule has 92 valence electrons. The van der Waals surface area contributed by atoms with Gasteiger partial charge in [0.2, 0.25) is 0 Å². The largest absolute Gasteiger partial charge is 0.383 e. The second-order valence-electron chi connectivity index (χ2n) is 3.21. The van der Waals surface area contributed by atoms with Gasteiger partial charge >= 0.3 is 0 Å². The topological polar surface area (TPSA) is 88.2 Å². The lowest BCUT2D eigenvalue weighted by molar-refractivity contribution is -0.385. The van der Waals surface area contributed by atoms with Gasteiger partial charge in [-0.3, -0.25) is 10.1 Å². The van der Waals surface area contributed by atoms with Gasteiger partial charge in [0.25, 0.3) is 5.69 Å². The lowest BCUT2D eigenvalue weighted by atomic mass is 10.1. The molecule has 0 aliphatic carbocycles. The monoisotopic (exact) mass is 241 g/mol. The van der Waals surface area contributed by atoms with Crippen molar-refractivity contribution in [2.75, 3.05) is 25.6 Å². The van der Waals surface area contributed by atoms with E-state index in [9.17, 15) is 14.5 Å². The molecule has 0 atom stereocenters. The number of ether oxygens (including phenoxy) is 1. The van der Waals surface area contributed by atoms with Crippen molar-refractivity contribution < 1.29 is 14.1 Å². The van der Waals surface area contributed by atoms with E-state index in [0.29, 0.717) is 13.2 Å². The van der Waals surface area contributed by atoms with E-state index in [0.717, 1.165) is 18.3 Å². The highest BCUT2D eigenvalue weighted by Crippen LogP contribution is 2.26. The van der Waals surface area contributed by atoms with Crippen molar-refractivity contribution >= 4 is 17.6 Å². The summed E-state index contributed by atoms with van der Waals surface area (Å²) in [6.07, 6.45) is 0.826. The first-order valence-electron chi connectivity index (χ1n) is 4.81. The van der Waals surface area contributed by atoms with Crippen molar-refractivity contribution in [2.45, 2.75) is 0 Å². The fourth-order valence-electron chi connectivity index (χ4n) is 1.34. The van der Waals surface area contributed by atoms with Gasteiger partial charge in [-0.15, -0.1) is 0 Å². The standard InChI is InChI=1S/C10H12FN3O3/c1-17-3-2-13-9-4-7(11)5-10(14(15)16)8(9)6-12/h4-6,12-13H,2-3H2,1H3. The fraction of sp³-hybridized carbons (Fsp3) is 0.300. The van der Waals surface area contributed by atoms with Crippen LogP contribution >= 0.6 is 0 Å². The number of hydrogen-bond donors (Lipinski definition) is 2. The number of hydrogen-bond acceptors (Lipinski definition) is 5. The van der Waals surface area contributed by atoms with Gasteiger partial charge in [0.1, 0.15) is 5.82 Å². The average Bonchev–Trinajstić information content (AvgIpc) is 2.28. The predicted octanol–water partition coefficient (Wildman–Crippen LogP) is 1.79. The number of halogens is 1. The maximum Gasteiger partial charge on any atom is 0.283 e. The molecule has 0 saturated carbocycles. The van der Waals surface area contributed by atoms with E-state index in [4.69, 9.17) is 10.1 Å². The molecule has 0 heterocycles. The zero-order valence-corrected chi connectivity index (χ0v) is 9.20. The van der Waals surface area contributed by atoms with Crippen LogP contribution < -0.4 is 5.32 Å². The van der Waals surface area contributed by atoms with Gasteiger partial charge in [-0.2, -0.15) is 0 Å². The van der Waals surface area contributed by atoms with Crippen LogP contribution in [0.1, 0.15) is 5.56 Å². The molecule has 0 fully saturated rings. The smallest absolute Gasteiger partial charge is 0.283 e. The molecule has 17 heavy (non-hydrogen) atoms. The molecule has 7 heteroatoms. The van der Waals surface area contributed by atoms with Crippen LogP contribution in [-0.2, 0) is 4.74 Å². The summed E-state index contributed by atoms with van der Waals surface area (Å²) in [5, 5.41) is 20.6. The summed E-state index contributed by atoms with van der Waals surface area (Å²) < 4.78 is 18.0. The van der Waals surface area contributed by atoms with Gasteiger partial charge in [-0.25, -0.2) is 4.39 Å². The number of nitro groups is 1. The Labute approximate surface area is 97.1 Å². The number of benzene rings is 1. The molecule has 0 aromatic heterocycles. The van der Waals surface area contributed by atoms with Crippen LogP contribution in [0.25, 0.3) is 0 Å². The molecule has 0 bridgehead atoms. The van der Waals surface area contributed by atoms with Crippen molar-refractivity contribution in [3.8, 4) is 0 Å². The van der Waals surface area contributed by atoms with Crippen molar-refractivity contribution in [2.24, 2.45) is 0 Å². The van der Waals surface area contributed by atoms with Crippen molar-refractivity contribution in [3.05, 3.63) is 33.6 Å². The molecular formula is C10H12FN3O3. The lowest BCUT2D eigenvalue weighted by Gasteiger charge is -2.09. The summed E-state index contributed by atoms with van der Waals surface area (Å²) in [6.45, 7) is 0.750. The Morgan fingerprint density at radius 3 is 2.88 bits per heavy atom. The highest BCUT2D eigenvalue weighted by Gasteiger charge is 2.18. The summed E-state index contributed by atoms with van der Waals surface area (Å²) in [5.41, 5.74) is -0.170. The fourth-order valence-corrected chi connectivity index (χ4v) is 1.34. The van der Waals surface area contributed by atoms with E-state index in [-0.39, 0.29) is 11.3 Å². The Bertz CT molecular complexity index is 437. The first-order chi connectivity index (χ1) is 8.10. The van der Waals surface area contributed by atoms with Crippen molar-refractivity contribution in [3.63, 3.8) is 0 Å². The van der Waals surface area contributed by atoms with Gasteiger partial charge < -0.3 is 15.5 Å². The second kappa shape index (κ2) is 5.90. The highest BCUT2D eigenvalue weighted by molar-refractivity contribution is 5.91. The lowest BCUT2D eigenvalue weighted by Crippen LogP contribution is -2.10. The van der Waals surface area contributed by atoms with E-state index in [2.05, 4.69) is 5.32 Å². The summed E-state index contributed by atoms with van der Waals surface area (Å²) in [7, 11) is 1.51. The number of nitro benzene ring substituents is 1. The van der Waals surface area contributed by atoms with Crippen LogP contribution in [0.5, 0.6) is 0 Å². The summed E-state index contributed by atoms with van der Waals surface area (Å²) in [4.78, 5) is 9.98. The molecule has 0 unspecified atom stereocenters. The highest BCUT2D eigenvalue weighted by atomic mass is 19.1. The maximum absolute atomic E-state index is 13.2. The van der Waals surface area contributed by atoms with Gasteiger partial charge in [-0.1, -0.05) is 0 Å². The van der Waals surface area contributed by atoms with E-state index in [1.54, 1.807) is 0 Å². The van der Waals surface area contributed by atoms with Gasteiger partial charge in [0, 0.05) is 19.9 Å². The summed E-state index contributed by atoms with van der Waals surface area (Å²) in [5.74, 6) is -0.720. The van der Waals surface area contributed by atoms with Crippen LogP contribution in [0, 0.1) is 21.3 Å². The minimum atomic E-state index is -0.720. The van der Waals surface area contributed by atoms with Crippen LogP contribution in [-0.4, -0.2) is 31.4 Å². The SMILES string of the molecule is COCCNc1cc(F)cc([N+](=O)[O-])c1C=N. The Morgan fingerprint density at radius 1 is 1.65 bits per heavy atom. The van der Waals surface area contributed by atoms with E-state index < -0.39 is 16.4 Å². The van der Waals surface area contributed by atoms with Gasteiger partial charge in [-0.05, 0) is 6.07 Å². The molecule has 0 aliphatic rings. The number of anilines is 1. The maximum atomic E-state index is 13.2. The molecule has 0 aliphatic heterocycles. The molecule has 0 amide bonds. The zero-order chi connectivity index (χ0) is 12.8. The van der Waals surface area contributed by atoms with Crippen molar-refractivity contribution in [1.29, 1.82) is 5.41 Å². The normalized spacial score (nSPS) is 10.0. The number of nitrogens with zero attached hydrogens (tertiary/aromatic N) is 1. The van der Waals surface area contributed by atoms with E-state index in [1.165, 1.54) is 7.11 Å².